The SMILES string of the molecule is CC/C=C\C/C=C\C/C=C\C/C=C\C/C=C\C/C=C\CCCCCCCCCCC(=O)OCC(COC(=O)CCCCCCC)OC(=O)CCCCCCCCCCCCCCCC/C=C\C/C=C\C/C=C\C/C=C\CC. The molecule has 0 saturated carbocycles. The van der Waals surface area contributed by atoms with Crippen LogP contribution in [-0.2, 0) is 28.6 Å². The first-order valence-electron chi connectivity index (χ1n) is 32.0. The maximum Gasteiger partial charge on any atom is 0.306 e. The summed E-state index contributed by atoms with van der Waals surface area (Å²) in [6, 6.07) is 0. The maximum atomic E-state index is 12.8. The van der Waals surface area contributed by atoms with Gasteiger partial charge in [-0.05, 0) is 109 Å². The molecule has 0 heterocycles. The summed E-state index contributed by atoms with van der Waals surface area (Å²) >= 11 is 0. The van der Waals surface area contributed by atoms with E-state index < -0.39 is 6.10 Å². The van der Waals surface area contributed by atoms with Crippen LogP contribution < -0.4 is 0 Å². The molecule has 6 nitrogen and oxygen atoms in total. The molecule has 0 aromatic carbocycles. The number of hydrogen-bond acceptors (Lipinski definition) is 6. The van der Waals surface area contributed by atoms with Crippen LogP contribution in [-0.4, -0.2) is 37.2 Å². The van der Waals surface area contributed by atoms with E-state index in [9.17, 15) is 14.4 Å². The van der Waals surface area contributed by atoms with Crippen LogP contribution in [0.15, 0.2) is 122 Å². The Balaban J connectivity index is 4.07. The van der Waals surface area contributed by atoms with Crippen molar-refractivity contribution in [3.63, 3.8) is 0 Å². The summed E-state index contributed by atoms with van der Waals surface area (Å²) in [7, 11) is 0. The van der Waals surface area contributed by atoms with Crippen molar-refractivity contribution in [3.05, 3.63) is 122 Å². The molecule has 0 saturated heterocycles. The van der Waals surface area contributed by atoms with Crippen LogP contribution in [0.2, 0.25) is 0 Å². The first-order valence-corrected chi connectivity index (χ1v) is 32.0. The van der Waals surface area contributed by atoms with Gasteiger partial charge in [0.25, 0.3) is 0 Å². The zero-order chi connectivity index (χ0) is 55.7. The zero-order valence-electron chi connectivity index (χ0n) is 50.2. The Kier molecular flexibility index (Phi) is 60.8. The first-order chi connectivity index (χ1) is 38.0. The van der Waals surface area contributed by atoms with Crippen LogP contribution in [0.5, 0.6) is 0 Å². The lowest BCUT2D eigenvalue weighted by Crippen LogP contribution is -2.30. The molecule has 0 rings (SSSR count). The minimum Gasteiger partial charge on any atom is -0.462 e. The maximum absolute atomic E-state index is 12.8. The van der Waals surface area contributed by atoms with Gasteiger partial charge < -0.3 is 14.2 Å². The lowest BCUT2D eigenvalue weighted by molar-refractivity contribution is -0.167. The van der Waals surface area contributed by atoms with E-state index in [1.165, 1.54) is 116 Å². The standard InChI is InChI=1S/C71H118O6/c1-4-7-10-13-15-17-19-21-23-25-27-29-31-33-35-37-39-41-43-45-47-49-51-53-55-58-61-64-70(73)76-67-68(66-75-69(72)63-60-57-12-9-6-3)77-71(74)65-62-59-56-54-52-50-48-46-44-42-40-38-36-34-32-30-28-26-24-22-20-18-16-14-11-8-5-2/h7-8,10-11,15-18,21-24,27-30,33,35,39,41,68H,4-6,9,12-14,19-20,25-26,31-32,34,36-38,40,42-67H2,1-3H3/b10-7-,11-8-,17-15-,18-16-,23-21-,24-22-,29-27-,30-28-,35-33-,41-39-. The molecule has 0 aliphatic carbocycles. The third kappa shape index (κ3) is 62.5. The number of ether oxygens (including phenoxy) is 3. The predicted octanol–water partition coefficient (Wildman–Crippen LogP) is 22.0. The Labute approximate surface area is 475 Å². The van der Waals surface area contributed by atoms with E-state index >= 15 is 0 Å². The summed E-state index contributed by atoms with van der Waals surface area (Å²) in [4.78, 5) is 38.0. The van der Waals surface area contributed by atoms with Gasteiger partial charge in [0.05, 0.1) is 0 Å². The molecule has 0 amide bonds. The first kappa shape index (κ1) is 72.8. The molecular formula is C71H118O6. The highest BCUT2D eigenvalue weighted by Gasteiger charge is 2.19. The minimum absolute atomic E-state index is 0.0819. The van der Waals surface area contributed by atoms with Gasteiger partial charge in [-0.25, -0.2) is 0 Å². The Hall–Kier alpha value is -4.19. The molecule has 0 radical (unpaired) electrons. The van der Waals surface area contributed by atoms with Gasteiger partial charge in [0.2, 0.25) is 0 Å². The highest BCUT2D eigenvalue weighted by atomic mass is 16.6. The van der Waals surface area contributed by atoms with Crippen molar-refractivity contribution >= 4 is 17.9 Å². The quantitative estimate of drug-likeness (QED) is 0.0261. The smallest absolute Gasteiger partial charge is 0.306 e. The van der Waals surface area contributed by atoms with Crippen molar-refractivity contribution in [1.29, 1.82) is 0 Å². The molecule has 1 atom stereocenters. The number of rotatable bonds is 57. The molecule has 0 fully saturated rings. The normalized spacial score (nSPS) is 12.9. The van der Waals surface area contributed by atoms with Gasteiger partial charge >= 0.3 is 17.9 Å². The van der Waals surface area contributed by atoms with Crippen LogP contribution in [0.4, 0.5) is 0 Å². The Morgan fingerprint density at radius 3 is 0.792 bits per heavy atom. The molecule has 0 aromatic rings. The molecule has 438 valence electrons. The monoisotopic (exact) mass is 1070 g/mol. The molecule has 0 aromatic heterocycles. The van der Waals surface area contributed by atoms with Gasteiger partial charge in [0, 0.05) is 19.3 Å². The number of esters is 3. The van der Waals surface area contributed by atoms with Crippen molar-refractivity contribution in [2.24, 2.45) is 0 Å². The zero-order valence-corrected chi connectivity index (χ0v) is 50.2. The lowest BCUT2D eigenvalue weighted by Gasteiger charge is -2.18. The summed E-state index contributed by atoms with van der Waals surface area (Å²) in [6.07, 6.45) is 89.7. The third-order valence-electron chi connectivity index (χ3n) is 13.5. The fraction of sp³-hybridized carbons (Fsp3) is 0.676. The summed E-state index contributed by atoms with van der Waals surface area (Å²) < 4.78 is 16.8. The van der Waals surface area contributed by atoms with Gasteiger partial charge in [-0.1, -0.05) is 284 Å². The van der Waals surface area contributed by atoms with Crippen LogP contribution in [0.3, 0.4) is 0 Å². The second-order valence-corrected chi connectivity index (χ2v) is 20.9. The van der Waals surface area contributed by atoms with Crippen LogP contribution in [0, 0.1) is 0 Å². The average Bonchev–Trinajstić information content (AvgIpc) is 3.43. The van der Waals surface area contributed by atoms with Gasteiger partial charge in [0.1, 0.15) is 13.2 Å². The number of allylic oxidation sites excluding steroid dienone is 20. The summed E-state index contributed by atoms with van der Waals surface area (Å²) in [5.41, 5.74) is 0. The average molecular weight is 1070 g/mol. The van der Waals surface area contributed by atoms with E-state index in [4.69, 9.17) is 14.2 Å². The van der Waals surface area contributed by atoms with Crippen molar-refractivity contribution in [2.45, 2.75) is 297 Å². The topological polar surface area (TPSA) is 78.9 Å². The van der Waals surface area contributed by atoms with Crippen molar-refractivity contribution in [1.82, 2.24) is 0 Å². The molecule has 6 heteroatoms. The molecule has 0 spiro atoms. The number of carbonyl (C=O) groups is 3. The van der Waals surface area contributed by atoms with Crippen LogP contribution in [0.1, 0.15) is 290 Å². The van der Waals surface area contributed by atoms with Gasteiger partial charge in [-0.3, -0.25) is 14.4 Å². The second-order valence-electron chi connectivity index (χ2n) is 20.9. The number of unbranched alkanes of at least 4 members (excludes halogenated alkanes) is 26. The van der Waals surface area contributed by atoms with Crippen molar-refractivity contribution in [3.8, 4) is 0 Å². The predicted molar refractivity (Wildman–Crippen MR) is 334 cm³/mol. The summed E-state index contributed by atoms with van der Waals surface area (Å²) in [5.74, 6) is -0.901. The van der Waals surface area contributed by atoms with E-state index in [1.807, 2.05) is 0 Å². The van der Waals surface area contributed by atoms with Gasteiger partial charge in [0.15, 0.2) is 6.10 Å². The van der Waals surface area contributed by atoms with Gasteiger partial charge in [-0.15, -0.1) is 0 Å². The van der Waals surface area contributed by atoms with Crippen LogP contribution in [0.25, 0.3) is 0 Å². The Morgan fingerprint density at radius 1 is 0.273 bits per heavy atom. The van der Waals surface area contributed by atoms with E-state index in [0.29, 0.717) is 19.3 Å². The van der Waals surface area contributed by atoms with Crippen molar-refractivity contribution in [2.75, 3.05) is 13.2 Å². The number of hydrogen-bond donors (Lipinski definition) is 0. The summed E-state index contributed by atoms with van der Waals surface area (Å²) in [5, 5.41) is 0. The Morgan fingerprint density at radius 2 is 0.506 bits per heavy atom. The van der Waals surface area contributed by atoms with Crippen LogP contribution >= 0.6 is 0 Å². The molecule has 0 N–H and O–H groups in total. The molecule has 77 heavy (non-hydrogen) atoms. The van der Waals surface area contributed by atoms with Crippen molar-refractivity contribution < 1.29 is 28.6 Å². The molecule has 0 aliphatic heterocycles. The van der Waals surface area contributed by atoms with E-state index in [2.05, 4.69) is 142 Å². The second kappa shape index (κ2) is 64.3. The minimum atomic E-state index is -0.781. The fourth-order valence-electron chi connectivity index (χ4n) is 8.73. The van der Waals surface area contributed by atoms with E-state index in [0.717, 1.165) is 135 Å². The van der Waals surface area contributed by atoms with E-state index in [-0.39, 0.29) is 31.1 Å². The molecule has 0 bridgehead atoms. The van der Waals surface area contributed by atoms with E-state index in [1.54, 1.807) is 0 Å². The lowest BCUT2D eigenvalue weighted by atomic mass is 10.0. The Bertz CT molecular complexity index is 1600. The largest absolute Gasteiger partial charge is 0.462 e. The molecular weight excluding hydrogens is 949 g/mol. The third-order valence-corrected chi connectivity index (χ3v) is 13.5. The highest BCUT2D eigenvalue weighted by Crippen LogP contribution is 2.16. The number of carbonyl (C=O) groups excluding carboxylic acids is 3. The summed E-state index contributed by atoms with van der Waals surface area (Å²) in [6.45, 7) is 6.34. The van der Waals surface area contributed by atoms with Gasteiger partial charge in [-0.2, -0.15) is 0 Å². The molecule has 1 unspecified atom stereocenters. The molecule has 0 aliphatic rings. The highest BCUT2D eigenvalue weighted by molar-refractivity contribution is 5.71. The fourth-order valence-corrected chi connectivity index (χ4v) is 8.73.